The third-order valence-electron chi connectivity index (χ3n) is 4.51. The Bertz CT molecular complexity index is 727. The Hall–Kier alpha value is -2.63. The lowest BCUT2D eigenvalue weighted by Gasteiger charge is -2.29. The number of aromatic nitrogens is 2. The zero-order valence-corrected chi connectivity index (χ0v) is 14.6. The molecular weight excluding hydrogens is 318 g/mol. The van der Waals surface area contributed by atoms with Crippen molar-refractivity contribution in [1.29, 1.82) is 0 Å². The monoisotopic (exact) mass is 341 g/mol. The lowest BCUT2D eigenvalue weighted by Crippen LogP contribution is -2.39. The minimum absolute atomic E-state index is 0.119. The summed E-state index contributed by atoms with van der Waals surface area (Å²) in [7, 11) is 1.54. The first-order valence-electron chi connectivity index (χ1n) is 8.54. The summed E-state index contributed by atoms with van der Waals surface area (Å²) in [5, 5.41) is 3.09. The third kappa shape index (κ3) is 4.26. The molecule has 0 aromatic carbocycles. The predicted molar refractivity (Wildman–Crippen MR) is 93.9 cm³/mol. The van der Waals surface area contributed by atoms with Crippen molar-refractivity contribution in [3.8, 4) is 11.5 Å². The van der Waals surface area contributed by atoms with Crippen LogP contribution < -0.4 is 14.8 Å². The van der Waals surface area contributed by atoms with E-state index in [4.69, 9.17) is 9.47 Å². The summed E-state index contributed by atoms with van der Waals surface area (Å²) < 4.78 is 11.3. The Morgan fingerprint density at radius 2 is 1.96 bits per heavy atom. The second-order valence-electron chi connectivity index (χ2n) is 6.23. The van der Waals surface area contributed by atoms with Gasteiger partial charge in [0.2, 0.25) is 0 Å². The number of ether oxygens (including phenoxy) is 2. The van der Waals surface area contributed by atoms with Crippen LogP contribution in [-0.2, 0) is 0 Å². The van der Waals surface area contributed by atoms with Crippen LogP contribution in [0.1, 0.15) is 41.7 Å². The van der Waals surface area contributed by atoms with Gasteiger partial charge in [-0.3, -0.25) is 14.8 Å². The van der Waals surface area contributed by atoms with E-state index in [0.717, 1.165) is 37.1 Å². The maximum absolute atomic E-state index is 12.5. The number of methoxy groups -OCH3 is 1. The summed E-state index contributed by atoms with van der Waals surface area (Å²) in [6, 6.07) is 5.66. The topological polar surface area (TPSA) is 73.3 Å². The van der Waals surface area contributed by atoms with Crippen LogP contribution in [0.4, 0.5) is 0 Å². The van der Waals surface area contributed by atoms with Crippen LogP contribution in [0.2, 0.25) is 0 Å². The van der Waals surface area contributed by atoms with Crippen LogP contribution in [0.15, 0.2) is 36.8 Å². The van der Waals surface area contributed by atoms with E-state index in [1.54, 1.807) is 24.7 Å². The number of hydrogen-bond donors (Lipinski definition) is 1. The van der Waals surface area contributed by atoms with Crippen LogP contribution in [0, 0.1) is 6.92 Å². The summed E-state index contributed by atoms with van der Waals surface area (Å²) in [4.78, 5) is 20.7. The van der Waals surface area contributed by atoms with Crippen molar-refractivity contribution in [2.75, 3.05) is 7.11 Å². The second-order valence-corrected chi connectivity index (χ2v) is 6.23. The standard InChI is InChI=1S/C19H23N3O3/c1-13-17(4-3-10-21-13)25-15-7-5-14(6-8-15)22-19(23)16-9-11-20-12-18(16)24-2/h3-4,9-12,14-15H,5-8H2,1-2H3,(H,22,23). The highest BCUT2D eigenvalue weighted by Gasteiger charge is 2.25. The van der Waals surface area contributed by atoms with Gasteiger partial charge in [0, 0.05) is 18.4 Å². The van der Waals surface area contributed by atoms with Crippen LogP contribution >= 0.6 is 0 Å². The fourth-order valence-corrected chi connectivity index (χ4v) is 3.09. The number of nitrogens with one attached hydrogen (secondary N) is 1. The smallest absolute Gasteiger partial charge is 0.255 e. The van der Waals surface area contributed by atoms with Gasteiger partial charge in [-0.25, -0.2) is 0 Å². The minimum atomic E-state index is -0.119. The highest BCUT2D eigenvalue weighted by atomic mass is 16.5. The number of nitrogens with zero attached hydrogens (tertiary/aromatic N) is 2. The Balaban J connectivity index is 1.52. The van der Waals surface area contributed by atoms with E-state index < -0.39 is 0 Å². The molecule has 132 valence electrons. The molecule has 0 saturated heterocycles. The molecular formula is C19H23N3O3. The van der Waals surface area contributed by atoms with Gasteiger partial charge in [0.1, 0.15) is 11.5 Å². The normalized spacial score (nSPS) is 19.9. The second kappa shape index (κ2) is 7.96. The molecule has 1 aliphatic carbocycles. The average molecular weight is 341 g/mol. The van der Waals surface area contributed by atoms with E-state index in [-0.39, 0.29) is 18.1 Å². The molecule has 1 N–H and O–H groups in total. The highest BCUT2D eigenvalue weighted by Crippen LogP contribution is 2.25. The molecule has 3 rings (SSSR count). The molecule has 1 amide bonds. The largest absolute Gasteiger partial charge is 0.494 e. The van der Waals surface area contributed by atoms with Crippen molar-refractivity contribution < 1.29 is 14.3 Å². The molecule has 0 radical (unpaired) electrons. The fourth-order valence-electron chi connectivity index (χ4n) is 3.09. The fraction of sp³-hybridized carbons (Fsp3) is 0.421. The number of aryl methyl sites for hydroxylation is 1. The molecule has 2 aromatic heterocycles. The van der Waals surface area contributed by atoms with E-state index in [1.165, 1.54) is 7.11 Å². The van der Waals surface area contributed by atoms with Gasteiger partial charge in [0.15, 0.2) is 0 Å². The molecule has 2 heterocycles. The quantitative estimate of drug-likeness (QED) is 0.905. The van der Waals surface area contributed by atoms with Crippen molar-refractivity contribution in [2.45, 2.75) is 44.8 Å². The summed E-state index contributed by atoms with van der Waals surface area (Å²) in [6.07, 6.45) is 8.69. The van der Waals surface area contributed by atoms with Gasteiger partial charge in [-0.15, -0.1) is 0 Å². The number of carbonyl (C=O) groups is 1. The van der Waals surface area contributed by atoms with Crippen molar-refractivity contribution >= 4 is 5.91 Å². The average Bonchev–Trinajstić information content (AvgIpc) is 2.65. The summed E-state index contributed by atoms with van der Waals surface area (Å²) in [5.74, 6) is 1.22. The Kier molecular flexibility index (Phi) is 5.48. The predicted octanol–water partition coefficient (Wildman–Crippen LogP) is 2.91. The molecule has 0 aliphatic heterocycles. The number of hydrogen-bond acceptors (Lipinski definition) is 5. The maximum atomic E-state index is 12.5. The van der Waals surface area contributed by atoms with Crippen LogP contribution in [0.5, 0.6) is 11.5 Å². The molecule has 0 spiro atoms. The molecule has 25 heavy (non-hydrogen) atoms. The Morgan fingerprint density at radius 3 is 2.68 bits per heavy atom. The van der Waals surface area contributed by atoms with Gasteiger partial charge in [0.05, 0.1) is 30.7 Å². The van der Waals surface area contributed by atoms with Crippen LogP contribution in [0.25, 0.3) is 0 Å². The van der Waals surface area contributed by atoms with Crippen molar-refractivity contribution in [3.63, 3.8) is 0 Å². The lowest BCUT2D eigenvalue weighted by atomic mass is 9.92. The Morgan fingerprint density at radius 1 is 1.16 bits per heavy atom. The molecule has 2 aromatic rings. The summed E-state index contributed by atoms with van der Waals surface area (Å²) >= 11 is 0. The van der Waals surface area contributed by atoms with E-state index in [1.807, 2.05) is 19.1 Å². The van der Waals surface area contributed by atoms with E-state index in [9.17, 15) is 4.79 Å². The maximum Gasteiger partial charge on any atom is 0.255 e. The van der Waals surface area contributed by atoms with Crippen molar-refractivity contribution in [2.24, 2.45) is 0 Å². The third-order valence-corrected chi connectivity index (χ3v) is 4.51. The van der Waals surface area contributed by atoms with Gasteiger partial charge < -0.3 is 14.8 Å². The van der Waals surface area contributed by atoms with E-state index in [2.05, 4.69) is 15.3 Å². The molecule has 1 saturated carbocycles. The van der Waals surface area contributed by atoms with Gasteiger partial charge >= 0.3 is 0 Å². The molecule has 1 fully saturated rings. The van der Waals surface area contributed by atoms with Gasteiger partial charge in [-0.1, -0.05) is 0 Å². The molecule has 1 aliphatic rings. The van der Waals surface area contributed by atoms with Crippen LogP contribution in [-0.4, -0.2) is 35.1 Å². The van der Waals surface area contributed by atoms with Crippen LogP contribution in [0.3, 0.4) is 0 Å². The molecule has 0 bridgehead atoms. The van der Waals surface area contributed by atoms with E-state index in [0.29, 0.717) is 11.3 Å². The summed E-state index contributed by atoms with van der Waals surface area (Å²) in [6.45, 7) is 1.95. The van der Waals surface area contributed by atoms with Gasteiger partial charge in [-0.05, 0) is 50.8 Å². The number of amides is 1. The molecule has 0 atom stereocenters. The first-order valence-corrected chi connectivity index (χ1v) is 8.54. The first kappa shape index (κ1) is 17.2. The molecule has 6 heteroatoms. The van der Waals surface area contributed by atoms with Crippen molar-refractivity contribution in [1.82, 2.24) is 15.3 Å². The zero-order chi connectivity index (χ0) is 17.6. The summed E-state index contributed by atoms with van der Waals surface area (Å²) in [5.41, 5.74) is 1.42. The lowest BCUT2D eigenvalue weighted by molar-refractivity contribution is 0.0890. The first-order chi connectivity index (χ1) is 12.2. The number of pyridine rings is 2. The number of carbonyl (C=O) groups excluding carboxylic acids is 1. The number of rotatable bonds is 5. The SMILES string of the molecule is COc1cnccc1C(=O)NC1CCC(Oc2cccnc2C)CC1. The Labute approximate surface area is 147 Å². The van der Waals surface area contributed by atoms with Gasteiger partial charge in [-0.2, -0.15) is 0 Å². The molecule has 6 nitrogen and oxygen atoms in total. The van der Waals surface area contributed by atoms with E-state index >= 15 is 0 Å². The minimum Gasteiger partial charge on any atom is -0.494 e. The highest BCUT2D eigenvalue weighted by molar-refractivity contribution is 5.96. The van der Waals surface area contributed by atoms with Crippen molar-refractivity contribution in [3.05, 3.63) is 48.0 Å². The molecule has 0 unspecified atom stereocenters. The van der Waals surface area contributed by atoms with Gasteiger partial charge in [0.25, 0.3) is 5.91 Å². The zero-order valence-electron chi connectivity index (χ0n) is 14.6.